The maximum absolute atomic E-state index is 5.91. The maximum atomic E-state index is 5.91. The summed E-state index contributed by atoms with van der Waals surface area (Å²) >= 11 is 16.6. The van der Waals surface area contributed by atoms with Crippen molar-refractivity contribution in [3.63, 3.8) is 0 Å². The van der Waals surface area contributed by atoms with Crippen LogP contribution in [0.3, 0.4) is 0 Å². The summed E-state index contributed by atoms with van der Waals surface area (Å²) in [5, 5.41) is 7.39. The largest absolute Gasteiger partial charge is 0.218 e. The molecule has 0 aromatic heterocycles. The third-order valence-corrected chi connectivity index (χ3v) is 2.47. The van der Waals surface area contributed by atoms with Crippen molar-refractivity contribution in [1.82, 2.24) is 0 Å². The van der Waals surface area contributed by atoms with Crippen molar-refractivity contribution in [2.75, 3.05) is 0 Å². The molecule has 1 aromatic rings. The third kappa shape index (κ3) is 4.12. The molecule has 0 aliphatic heterocycles. The average molecular weight is 278 g/mol. The van der Waals surface area contributed by atoms with Gasteiger partial charge in [-0.2, -0.15) is 0 Å². The zero-order valence-electron chi connectivity index (χ0n) is 8.92. The molecule has 0 N–H and O–H groups in total. The summed E-state index contributed by atoms with van der Waals surface area (Å²) in [5.74, 6) is 0.486. The van der Waals surface area contributed by atoms with Gasteiger partial charge in [0, 0.05) is 5.56 Å². The molecule has 0 unspecified atom stereocenters. The summed E-state index contributed by atoms with van der Waals surface area (Å²) < 4.78 is -0.169. The van der Waals surface area contributed by atoms with Gasteiger partial charge >= 0.3 is 0 Å². The molecule has 0 aliphatic rings. The molecule has 86 valence electrons. The lowest BCUT2D eigenvalue weighted by atomic mass is 10.0. The normalized spacial score (nSPS) is 11.8. The van der Waals surface area contributed by atoms with Gasteiger partial charge in [0.15, 0.2) is 5.17 Å². The minimum absolute atomic E-state index is 0.169. The van der Waals surface area contributed by atoms with Crippen LogP contribution in [0.25, 0.3) is 0 Å². The second-order valence-corrected chi connectivity index (χ2v) is 4.78. The molecule has 0 spiro atoms. The van der Waals surface area contributed by atoms with Crippen molar-refractivity contribution in [2.45, 2.75) is 19.8 Å². The zero-order chi connectivity index (χ0) is 12.1. The van der Waals surface area contributed by atoms with E-state index in [1.165, 1.54) is 5.56 Å². The Bertz CT molecular complexity index is 404. The molecular weight excluding hydrogens is 266 g/mol. The minimum atomic E-state index is -0.169. The lowest BCUT2D eigenvalue weighted by Crippen LogP contribution is -1.93. The Morgan fingerprint density at radius 1 is 1.00 bits per heavy atom. The van der Waals surface area contributed by atoms with Crippen molar-refractivity contribution >= 4 is 44.6 Å². The van der Waals surface area contributed by atoms with Crippen molar-refractivity contribution in [1.29, 1.82) is 0 Å². The van der Waals surface area contributed by atoms with E-state index in [0.29, 0.717) is 5.92 Å². The van der Waals surface area contributed by atoms with E-state index >= 15 is 0 Å². The maximum Gasteiger partial charge on any atom is 0.218 e. The van der Waals surface area contributed by atoms with Crippen LogP contribution in [0.5, 0.6) is 0 Å². The highest BCUT2D eigenvalue weighted by molar-refractivity contribution is 6.95. The van der Waals surface area contributed by atoms with Crippen molar-refractivity contribution in [2.24, 2.45) is 10.2 Å². The van der Waals surface area contributed by atoms with Crippen LogP contribution in [-0.2, 0) is 0 Å². The van der Waals surface area contributed by atoms with Crippen LogP contribution in [0.2, 0.25) is 0 Å². The van der Waals surface area contributed by atoms with Crippen molar-refractivity contribution < 1.29 is 0 Å². The van der Waals surface area contributed by atoms with Gasteiger partial charge in [0.1, 0.15) is 0 Å². The number of rotatable bonds is 3. The first-order chi connectivity index (χ1) is 7.50. The predicted molar refractivity (Wildman–Crippen MR) is 72.1 cm³/mol. The van der Waals surface area contributed by atoms with Gasteiger partial charge in [-0.05, 0) is 34.7 Å². The first-order valence-corrected chi connectivity index (χ1v) is 5.86. The summed E-state index contributed by atoms with van der Waals surface area (Å²) in [5.41, 5.74) is 2.02. The quantitative estimate of drug-likeness (QED) is 0.572. The second kappa shape index (κ2) is 6.24. The van der Waals surface area contributed by atoms with Gasteiger partial charge in [0.2, 0.25) is 4.63 Å². The molecule has 0 amide bonds. The smallest absolute Gasteiger partial charge is 0.136 e. The molecule has 0 saturated carbocycles. The van der Waals surface area contributed by atoms with Crippen LogP contribution in [0.1, 0.15) is 30.9 Å². The molecule has 1 rings (SSSR count). The molecule has 0 atom stereocenters. The molecule has 5 heteroatoms. The molecule has 16 heavy (non-hydrogen) atoms. The SMILES string of the molecule is CC(C)c1ccc(/C(Cl)=N/N=C(Cl)Cl)cc1. The van der Waals surface area contributed by atoms with Gasteiger partial charge in [0.05, 0.1) is 0 Å². The first-order valence-electron chi connectivity index (χ1n) is 4.73. The summed E-state index contributed by atoms with van der Waals surface area (Å²) in [6.45, 7) is 4.25. The average Bonchev–Trinajstić information content (AvgIpc) is 2.26. The van der Waals surface area contributed by atoms with Crippen LogP contribution in [0, 0.1) is 0 Å². The molecule has 0 radical (unpaired) electrons. The van der Waals surface area contributed by atoms with Gasteiger partial charge < -0.3 is 0 Å². The molecule has 0 bridgehead atoms. The summed E-state index contributed by atoms with van der Waals surface area (Å²) in [6, 6.07) is 7.78. The molecular formula is C11H11Cl3N2. The Morgan fingerprint density at radius 2 is 1.56 bits per heavy atom. The van der Waals surface area contributed by atoms with E-state index in [-0.39, 0.29) is 9.80 Å². The van der Waals surface area contributed by atoms with Crippen molar-refractivity contribution in [3.8, 4) is 0 Å². The number of nitrogens with zero attached hydrogens (tertiary/aromatic N) is 2. The van der Waals surface area contributed by atoms with Gasteiger partial charge in [-0.1, -0.05) is 49.7 Å². The Hall–Kier alpha value is -0.570. The fourth-order valence-corrected chi connectivity index (χ4v) is 1.38. The van der Waals surface area contributed by atoms with Crippen LogP contribution < -0.4 is 0 Å². The number of benzene rings is 1. The van der Waals surface area contributed by atoms with Crippen LogP contribution in [-0.4, -0.2) is 9.80 Å². The summed E-state index contributed by atoms with van der Waals surface area (Å²) in [6.07, 6.45) is 0. The first kappa shape index (κ1) is 13.5. The number of halogens is 3. The fourth-order valence-electron chi connectivity index (χ4n) is 1.14. The second-order valence-electron chi connectivity index (χ2n) is 3.51. The molecule has 1 aromatic carbocycles. The van der Waals surface area contributed by atoms with Gasteiger partial charge in [-0.25, -0.2) is 0 Å². The Labute approximate surface area is 110 Å². The van der Waals surface area contributed by atoms with E-state index in [9.17, 15) is 0 Å². The van der Waals surface area contributed by atoms with Crippen LogP contribution in [0.4, 0.5) is 0 Å². The predicted octanol–water partition coefficient (Wildman–Crippen LogP) is 4.54. The standard InChI is InChI=1S/C11H11Cl3N2/c1-7(2)8-3-5-9(6-4-8)10(12)15-16-11(13)14/h3-7H,1-2H3/b15-10-. The molecule has 0 fully saturated rings. The summed E-state index contributed by atoms with van der Waals surface area (Å²) in [4.78, 5) is 0. The third-order valence-electron chi connectivity index (χ3n) is 2.03. The van der Waals surface area contributed by atoms with E-state index in [1.807, 2.05) is 24.3 Å². The zero-order valence-corrected chi connectivity index (χ0v) is 11.2. The number of hydrogen-bond donors (Lipinski definition) is 0. The van der Waals surface area contributed by atoms with E-state index in [4.69, 9.17) is 34.8 Å². The molecule has 0 saturated heterocycles. The van der Waals surface area contributed by atoms with E-state index in [1.54, 1.807) is 0 Å². The summed E-state index contributed by atoms with van der Waals surface area (Å²) in [7, 11) is 0. The lowest BCUT2D eigenvalue weighted by molar-refractivity contribution is 0.866. The lowest BCUT2D eigenvalue weighted by Gasteiger charge is -2.05. The van der Waals surface area contributed by atoms with Gasteiger partial charge in [-0.15, -0.1) is 10.2 Å². The number of hydrogen-bond acceptors (Lipinski definition) is 2. The molecule has 2 nitrogen and oxygen atoms in total. The van der Waals surface area contributed by atoms with E-state index in [0.717, 1.165) is 5.56 Å². The Balaban J connectivity index is 2.90. The molecule has 0 aliphatic carbocycles. The van der Waals surface area contributed by atoms with E-state index in [2.05, 4.69) is 24.1 Å². The van der Waals surface area contributed by atoms with Crippen LogP contribution in [0.15, 0.2) is 34.5 Å². The highest BCUT2D eigenvalue weighted by atomic mass is 35.5. The highest BCUT2D eigenvalue weighted by Crippen LogP contribution is 2.16. The van der Waals surface area contributed by atoms with Gasteiger partial charge in [0.25, 0.3) is 0 Å². The monoisotopic (exact) mass is 276 g/mol. The molecule has 0 heterocycles. The van der Waals surface area contributed by atoms with Gasteiger partial charge in [-0.3, -0.25) is 0 Å². The highest BCUT2D eigenvalue weighted by Gasteiger charge is 2.02. The Morgan fingerprint density at radius 3 is 2.00 bits per heavy atom. The van der Waals surface area contributed by atoms with E-state index < -0.39 is 0 Å². The fraction of sp³-hybridized carbons (Fsp3) is 0.273. The Kier molecular flexibility index (Phi) is 5.26. The topological polar surface area (TPSA) is 24.7 Å². The minimum Gasteiger partial charge on any atom is -0.136 e. The van der Waals surface area contributed by atoms with Crippen molar-refractivity contribution in [3.05, 3.63) is 35.4 Å². The van der Waals surface area contributed by atoms with Crippen LogP contribution >= 0.6 is 34.8 Å².